The predicted molar refractivity (Wildman–Crippen MR) is 60.8 cm³/mol. The molecule has 2 aliphatic rings. The van der Waals surface area contributed by atoms with Gasteiger partial charge < -0.3 is 9.84 Å². The standard InChI is InChI=1S/C13H20O3/c1-9-7-10(14)8-11(2,3)13(9)6-5-12(4,15)16-13/h7,15H,5-6,8H2,1-4H3/t12-,13-/m1/s1. The molecule has 90 valence electrons. The molecule has 0 unspecified atom stereocenters. The highest BCUT2D eigenvalue weighted by molar-refractivity contribution is 5.92. The van der Waals surface area contributed by atoms with Crippen LogP contribution in [-0.2, 0) is 9.53 Å². The third kappa shape index (κ3) is 1.54. The van der Waals surface area contributed by atoms with Gasteiger partial charge in [-0.25, -0.2) is 0 Å². The maximum absolute atomic E-state index is 11.6. The molecule has 0 aromatic heterocycles. The number of allylic oxidation sites excluding steroid dienone is 1. The Bertz CT molecular complexity index is 365. The number of carbonyl (C=O) groups is 1. The molecule has 0 amide bonds. The summed E-state index contributed by atoms with van der Waals surface area (Å²) in [7, 11) is 0. The molecular formula is C13H20O3. The quantitative estimate of drug-likeness (QED) is 0.686. The lowest BCUT2D eigenvalue weighted by atomic mass is 9.63. The fourth-order valence-electron chi connectivity index (χ4n) is 3.16. The minimum atomic E-state index is -1.06. The molecule has 2 atom stereocenters. The van der Waals surface area contributed by atoms with Crippen LogP contribution in [-0.4, -0.2) is 22.3 Å². The highest BCUT2D eigenvalue weighted by Gasteiger charge is 2.57. The van der Waals surface area contributed by atoms with Crippen LogP contribution < -0.4 is 0 Å². The molecule has 2 rings (SSSR count). The first kappa shape index (κ1) is 11.8. The first-order chi connectivity index (χ1) is 7.19. The Morgan fingerprint density at radius 2 is 1.94 bits per heavy atom. The van der Waals surface area contributed by atoms with Gasteiger partial charge in [-0.2, -0.15) is 0 Å². The van der Waals surface area contributed by atoms with E-state index in [1.165, 1.54) is 0 Å². The molecule has 3 nitrogen and oxygen atoms in total. The van der Waals surface area contributed by atoms with Crippen molar-refractivity contribution in [1.29, 1.82) is 0 Å². The van der Waals surface area contributed by atoms with Gasteiger partial charge in [-0.1, -0.05) is 13.8 Å². The van der Waals surface area contributed by atoms with E-state index in [0.29, 0.717) is 12.8 Å². The topological polar surface area (TPSA) is 46.5 Å². The molecule has 1 N–H and O–H groups in total. The third-order valence-corrected chi connectivity index (χ3v) is 4.06. The van der Waals surface area contributed by atoms with Crippen molar-refractivity contribution in [1.82, 2.24) is 0 Å². The Kier molecular flexibility index (Phi) is 2.34. The van der Waals surface area contributed by atoms with Crippen molar-refractivity contribution >= 4 is 5.78 Å². The smallest absolute Gasteiger partial charge is 0.163 e. The minimum absolute atomic E-state index is 0.156. The monoisotopic (exact) mass is 224 g/mol. The number of ether oxygens (including phenoxy) is 1. The molecule has 1 saturated heterocycles. The van der Waals surface area contributed by atoms with Crippen LogP contribution in [0.15, 0.2) is 11.6 Å². The Balaban J connectivity index is 2.46. The first-order valence-electron chi connectivity index (χ1n) is 5.83. The Morgan fingerprint density at radius 3 is 2.38 bits per heavy atom. The fourth-order valence-corrected chi connectivity index (χ4v) is 3.16. The summed E-state index contributed by atoms with van der Waals surface area (Å²) < 4.78 is 5.89. The molecule has 0 bridgehead atoms. The number of aliphatic hydroxyl groups is 1. The first-order valence-corrected chi connectivity index (χ1v) is 5.83. The Labute approximate surface area is 96.5 Å². The van der Waals surface area contributed by atoms with Crippen molar-refractivity contribution in [3.63, 3.8) is 0 Å². The summed E-state index contributed by atoms with van der Waals surface area (Å²) in [5, 5.41) is 9.99. The average Bonchev–Trinajstić information content (AvgIpc) is 2.40. The van der Waals surface area contributed by atoms with Crippen molar-refractivity contribution in [2.45, 2.75) is 58.3 Å². The van der Waals surface area contributed by atoms with Gasteiger partial charge in [0.25, 0.3) is 0 Å². The lowest BCUT2D eigenvalue weighted by Crippen LogP contribution is -2.50. The van der Waals surface area contributed by atoms with Gasteiger partial charge in [0, 0.05) is 18.3 Å². The zero-order valence-corrected chi connectivity index (χ0v) is 10.5. The molecule has 3 heteroatoms. The molecule has 0 aromatic carbocycles. The normalized spacial score (nSPS) is 42.6. The average molecular weight is 224 g/mol. The third-order valence-electron chi connectivity index (χ3n) is 4.06. The number of hydrogen-bond acceptors (Lipinski definition) is 3. The van der Waals surface area contributed by atoms with Crippen molar-refractivity contribution in [2.24, 2.45) is 5.41 Å². The molecule has 1 aliphatic carbocycles. The van der Waals surface area contributed by atoms with Gasteiger partial charge in [-0.15, -0.1) is 0 Å². The van der Waals surface area contributed by atoms with Crippen molar-refractivity contribution in [2.75, 3.05) is 0 Å². The second kappa shape index (κ2) is 3.17. The van der Waals surface area contributed by atoms with Crippen LogP contribution in [0, 0.1) is 5.41 Å². The van der Waals surface area contributed by atoms with Gasteiger partial charge >= 0.3 is 0 Å². The van der Waals surface area contributed by atoms with Gasteiger partial charge in [0.1, 0.15) is 0 Å². The molecule has 1 fully saturated rings. The fraction of sp³-hybridized carbons (Fsp3) is 0.769. The van der Waals surface area contributed by atoms with Gasteiger partial charge in [0.15, 0.2) is 11.6 Å². The van der Waals surface area contributed by atoms with Gasteiger partial charge in [-0.05, 0) is 31.9 Å². The van der Waals surface area contributed by atoms with Crippen molar-refractivity contribution in [3.05, 3.63) is 11.6 Å². The lowest BCUT2D eigenvalue weighted by Gasteiger charge is -2.47. The van der Waals surface area contributed by atoms with E-state index in [0.717, 1.165) is 12.0 Å². The van der Waals surface area contributed by atoms with Crippen molar-refractivity contribution in [3.8, 4) is 0 Å². The molecule has 16 heavy (non-hydrogen) atoms. The summed E-state index contributed by atoms with van der Waals surface area (Å²) >= 11 is 0. The second-order valence-electron chi connectivity index (χ2n) is 5.96. The number of carbonyl (C=O) groups excluding carboxylic acids is 1. The molecular weight excluding hydrogens is 204 g/mol. The predicted octanol–water partition coefficient (Wildman–Crippen LogP) is 2.19. The summed E-state index contributed by atoms with van der Waals surface area (Å²) in [6.45, 7) is 7.72. The minimum Gasteiger partial charge on any atom is -0.366 e. The SMILES string of the molecule is CC1=CC(=O)CC(C)(C)[C@@]12CC[C@](C)(O)O2. The zero-order valence-electron chi connectivity index (χ0n) is 10.5. The van der Waals surface area contributed by atoms with Crippen LogP contribution in [0.2, 0.25) is 0 Å². The second-order valence-corrected chi connectivity index (χ2v) is 5.96. The molecule has 1 spiro atoms. The highest BCUT2D eigenvalue weighted by Crippen LogP contribution is 2.54. The van der Waals surface area contributed by atoms with Gasteiger partial charge in [0.2, 0.25) is 0 Å². The van der Waals surface area contributed by atoms with E-state index in [1.807, 2.05) is 20.8 Å². The van der Waals surface area contributed by atoms with Gasteiger partial charge in [-0.3, -0.25) is 4.79 Å². The Hall–Kier alpha value is -0.670. The maximum Gasteiger partial charge on any atom is 0.163 e. The molecule has 1 heterocycles. The van der Waals surface area contributed by atoms with Crippen LogP contribution in [0.25, 0.3) is 0 Å². The molecule has 0 aromatic rings. The number of hydrogen-bond donors (Lipinski definition) is 1. The van der Waals surface area contributed by atoms with E-state index in [-0.39, 0.29) is 11.2 Å². The summed E-state index contributed by atoms with van der Waals surface area (Å²) in [4.78, 5) is 11.6. The van der Waals surface area contributed by atoms with E-state index in [4.69, 9.17) is 4.74 Å². The Morgan fingerprint density at radius 1 is 1.31 bits per heavy atom. The van der Waals surface area contributed by atoms with E-state index >= 15 is 0 Å². The molecule has 0 radical (unpaired) electrons. The van der Waals surface area contributed by atoms with E-state index in [1.54, 1.807) is 13.0 Å². The van der Waals surface area contributed by atoms with E-state index in [9.17, 15) is 9.90 Å². The zero-order chi connectivity index (χ0) is 12.2. The number of ketones is 1. The van der Waals surface area contributed by atoms with Crippen LogP contribution in [0.3, 0.4) is 0 Å². The summed E-state index contributed by atoms with van der Waals surface area (Å²) in [5.41, 5.74) is 0.236. The maximum atomic E-state index is 11.6. The van der Waals surface area contributed by atoms with Crippen LogP contribution in [0.5, 0.6) is 0 Å². The van der Waals surface area contributed by atoms with E-state index < -0.39 is 11.4 Å². The lowest BCUT2D eigenvalue weighted by molar-refractivity contribution is -0.229. The van der Waals surface area contributed by atoms with E-state index in [2.05, 4.69) is 0 Å². The highest BCUT2D eigenvalue weighted by atomic mass is 16.6. The summed E-state index contributed by atoms with van der Waals surface area (Å²) in [6, 6.07) is 0. The molecule has 0 saturated carbocycles. The summed E-state index contributed by atoms with van der Waals surface area (Å²) in [6.07, 6.45) is 3.56. The molecule has 1 aliphatic heterocycles. The van der Waals surface area contributed by atoms with Crippen LogP contribution in [0.1, 0.15) is 47.0 Å². The van der Waals surface area contributed by atoms with Gasteiger partial charge in [0.05, 0.1) is 5.60 Å². The van der Waals surface area contributed by atoms with Crippen LogP contribution >= 0.6 is 0 Å². The number of rotatable bonds is 0. The summed E-state index contributed by atoms with van der Waals surface area (Å²) in [5.74, 6) is -0.907. The van der Waals surface area contributed by atoms with Crippen molar-refractivity contribution < 1.29 is 14.6 Å². The van der Waals surface area contributed by atoms with Crippen LogP contribution in [0.4, 0.5) is 0 Å². The largest absolute Gasteiger partial charge is 0.366 e.